The van der Waals surface area contributed by atoms with Gasteiger partial charge in [0.2, 0.25) is 5.95 Å². The van der Waals surface area contributed by atoms with E-state index in [9.17, 15) is 0 Å². The summed E-state index contributed by atoms with van der Waals surface area (Å²) in [7, 11) is 0. The zero-order valence-corrected chi connectivity index (χ0v) is 11.7. The minimum atomic E-state index is 0.601. The monoisotopic (exact) mass is 247 g/mol. The van der Waals surface area contributed by atoms with Crippen LogP contribution >= 0.6 is 0 Å². The Balaban J connectivity index is 1.75. The van der Waals surface area contributed by atoms with Gasteiger partial charge in [-0.25, -0.2) is 4.98 Å². The molecule has 1 unspecified atom stereocenters. The second kappa shape index (κ2) is 4.94. The number of aryl methyl sites for hydroxylation is 1. The van der Waals surface area contributed by atoms with Crippen molar-refractivity contribution in [3.63, 3.8) is 0 Å². The van der Waals surface area contributed by atoms with Crippen LogP contribution in [0.1, 0.15) is 63.6 Å². The molecule has 0 aliphatic heterocycles. The van der Waals surface area contributed by atoms with Gasteiger partial charge in [0.1, 0.15) is 0 Å². The summed E-state index contributed by atoms with van der Waals surface area (Å²) in [5, 5.41) is 3.67. The number of hydrogen-bond acceptors (Lipinski definition) is 2. The van der Waals surface area contributed by atoms with E-state index < -0.39 is 0 Å². The fraction of sp³-hybridized carbons (Fsp3) is 0.800. The lowest BCUT2D eigenvalue weighted by atomic mass is 9.80. The van der Waals surface area contributed by atoms with Crippen LogP contribution in [0, 0.1) is 12.8 Å². The Kier molecular flexibility index (Phi) is 3.31. The summed E-state index contributed by atoms with van der Waals surface area (Å²) < 4.78 is 2.39. The average molecular weight is 247 g/mol. The Labute approximate surface area is 110 Å². The van der Waals surface area contributed by atoms with Crippen molar-refractivity contribution in [1.29, 1.82) is 0 Å². The van der Waals surface area contributed by atoms with Crippen LogP contribution in [0.4, 0.5) is 5.95 Å². The van der Waals surface area contributed by atoms with E-state index in [0.29, 0.717) is 12.1 Å². The van der Waals surface area contributed by atoms with E-state index in [1.54, 1.807) is 0 Å². The number of nitrogens with one attached hydrogen (secondary N) is 1. The molecule has 2 saturated carbocycles. The number of nitrogens with zero attached hydrogens (tertiary/aromatic N) is 2. The van der Waals surface area contributed by atoms with Crippen LogP contribution in [0.2, 0.25) is 0 Å². The van der Waals surface area contributed by atoms with E-state index in [-0.39, 0.29) is 0 Å². The first-order chi connectivity index (χ1) is 8.74. The normalized spacial score (nSPS) is 23.0. The van der Waals surface area contributed by atoms with Crippen LogP contribution in [-0.4, -0.2) is 15.6 Å². The third-order valence-electron chi connectivity index (χ3n) is 4.81. The maximum Gasteiger partial charge on any atom is 0.203 e. The molecule has 0 radical (unpaired) electrons. The molecule has 0 aromatic carbocycles. The van der Waals surface area contributed by atoms with Gasteiger partial charge >= 0.3 is 0 Å². The summed E-state index contributed by atoms with van der Waals surface area (Å²) >= 11 is 0. The molecular formula is C15H25N3. The lowest BCUT2D eigenvalue weighted by Crippen LogP contribution is -2.25. The number of imidazole rings is 1. The van der Waals surface area contributed by atoms with Gasteiger partial charge in [0, 0.05) is 18.3 Å². The largest absolute Gasteiger partial charge is 0.353 e. The maximum atomic E-state index is 4.69. The number of hydrogen-bond donors (Lipinski definition) is 1. The van der Waals surface area contributed by atoms with Crippen molar-refractivity contribution in [1.82, 2.24) is 9.55 Å². The van der Waals surface area contributed by atoms with Crippen molar-refractivity contribution in [2.75, 3.05) is 5.32 Å². The van der Waals surface area contributed by atoms with E-state index >= 15 is 0 Å². The third kappa shape index (κ3) is 2.27. The molecule has 1 atom stereocenters. The molecule has 1 aromatic rings. The van der Waals surface area contributed by atoms with Crippen molar-refractivity contribution in [2.24, 2.45) is 5.92 Å². The number of anilines is 1. The Morgan fingerprint density at radius 2 is 1.94 bits per heavy atom. The smallest absolute Gasteiger partial charge is 0.203 e. The number of aromatic nitrogens is 2. The summed E-state index contributed by atoms with van der Waals surface area (Å²) in [6.45, 7) is 4.45. The Morgan fingerprint density at radius 3 is 2.56 bits per heavy atom. The molecule has 0 spiro atoms. The summed E-state index contributed by atoms with van der Waals surface area (Å²) in [5.41, 5.74) is 1.14. The standard InChI is InChI=1S/C15H25N3/c1-11-10-18(12(2)13-6-5-7-13)15(16-11)17-14-8-3-4-9-14/h10,12-14H,3-9H2,1-2H3,(H,16,17). The SMILES string of the molecule is Cc1cn(C(C)C2CCC2)c(NC2CCCC2)n1. The molecular weight excluding hydrogens is 222 g/mol. The quantitative estimate of drug-likeness (QED) is 0.874. The van der Waals surface area contributed by atoms with Crippen LogP contribution < -0.4 is 5.32 Å². The summed E-state index contributed by atoms with van der Waals surface area (Å²) in [5.74, 6) is 1.97. The fourth-order valence-corrected chi connectivity index (χ4v) is 3.34. The molecule has 1 N–H and O–H groups in total. The van der Waals surface area contributed by atoms with E-state index in [1.165, 1.54) is 44.9 Å². The van der Waals surface area contributed by atoms with Gasteiger partial charge < -0.3 is 9.88 Å². The first kappa shape index (κ1) is 12.1. The molecule has 0 bridgehead atoms. The maximum absolute atomic E-state index is 4.69. The molecule has 0 amide bonds. The Hall–Kier alpha value is -0.990. The molecule has 3 nitrogen and oxygen atoms in total. The molecule has 1 aromatic heterocycles. The summed E-state index contributed by atoms with van der Waals surface area (Å²) in [6.07, 6.45) is 11.8. The number of rotatable bonds is 4. The van der Waals surface area contributed by atoms with Crippen molar-refractivity contribution >= 4 is 5.95 Å². The topological polar surface area (TPSA) is 29.9 Å². The zero-order valence-electron chi connectivity index (χ0n) is 11.7. The minimum absolute atomic E-state index is 0.601. The molecule has 0 saturated heterocycles. The molecule has 3 rings (SSSR count). The first-order valence-electron chi connectivity index (χ1n) is 7.56. The van der Waals surface area contributed by atoms with Crippen molar-refractivity contribution in [3.05, 3.63) is 11.9 Å². The van der Waals surface area contributed by atoms with Crippen molar-refractivity contribution in [2.45, 2.75) is 70.9 Å². The molecule has 18 heavy (non-hydrogen) atoms. The van der Waals surface area contributed by atoms with Gasteiger partial charge in [0.15, 0.2) is 0 Å². The lowest BCUT2D eigenvalue weighted by Gasteiger charge is -2.33. The minimum Gasteiger partial charge on any atom is -0.353 e. The van der Waals surface area contributed by atoms with Gasteiger partial charge in [0.05, 0.1) is 5.69 Å². The summed E-state index contributed by atoms with van der Waals surface area (Å²) in [6, 6.07) is 1.25. The Bertz CT molecular complexity index is 400. The third-order valence-corrected chi connectivity index (χ3v) is 4.81. The second-order valence-corrected chi connectivity index (χ2v) is 6.17. The van der Waals surface area contributed by atoms with E-state index in [2.05, 4.69) is 34.9 Å². The van der Waals surface area contributed by atoms with Crippen LogP contribution in [0.25, 0.3) is 0 Å². The van der Waals surface area contributed by atoms with E-state index in [1.807, 2.05) is 0 Å². The molecule has 1 heterocycles. The lowest BCUT2D eigenvalue weighted by molar-refractivity contribution is 0.224. The van der Waals surface area contributed by atoms with Gasteiger partial charge in [0.25, 0.3) is 0 Å². The second-order valence-electron chi connectivity index (χ2n) is 6.17. The highest BCUT2D eigenvalue weighted by Gasteiger charge is 2.27. The van der Waals surface area contributed by atoms with Gasteiger partial charge in [-0.3, -0.25) is 0 Å². The molecule has 2 fully saturated rings. The predicted molar refractivity (Wildman–Crippen MR) is 74.9 cm³/mol. The molecule has 2 aliphatic rings. The summed E-state index contributed by atoms with van der Waals surface area (Å²) in [4.78, 5) is 4.69. The van der Waals surface area contributed by atoms with Gasteiger partial charge in [-0.15, -0.1) is 0 Å². The van der Waals surface area contributed by atoms with Gasteiger partial charge in [-0.2, -0.15) is 0 Å². The average Bonchev–Trinajstić information content (AvgIpc) is 2.86. The highest BCUT2D eigenvalue weighted by Crippen LogP contribution is 2.37. The molecule has 3 heteroatoms. The highest BCUT2D eigenvalue weighted by atomic mass is 15.2. The van der Waals surface area contributed by atoms with E-state index in [0.717, 1.165) is 17.6 Å². The van der Waals surface area contributed by atoms with Crippen LogP contribution in [0.3, 0.4) is 0 Å². The first-order valence-corrected chi connectivity index (χ1v) is 7.56. The van der Waals surface area contributed by atoms with Crippen LogP contribution in [0.15, 0.2) is 6.20 Å². The van der Waals surface area contributed by atoms with Crippen molar-refractivity contribution in [3.8, 4) is 0 Å². The predicted octanol–water partition coefficient (Wildman–Crippen LogP) is 3.91. The van der Waals surface area contributed by atoms with Gasteiger partial charge in [-0.1, -0.05) is 19.3 Å². The van der Waals surface area contributed by atoms with Crippen LogP contribution in [0.5, 0.6) is 0 Å². The molecule has 100 valence electrons. The molecule has 2 aliphatic carbocycles. The Morgan fingerprint density at radius 1 is 1.22 bits per heavy atom. The van der Waals surface area contributed by atoms with Crippen LogP contribution in [-0.2, 0) is 0 Å². The zero-order chi connectivity index (χ0) is 12.5. The van der Waals surface area contributed by atoms with Crippen molar-refractivity contribution < 1.29 is 0 Å². The highest BCUT2D eigenvalue weighted by molar-refractivity contribution is 5.31. The fourth-order valence-electron chi connectivity index (χ4n) is 3.34. The van der Waals surface area contributed by atoms with Gasteiger partial charge in [-0.05, 0) is 45.4 Å². The van der Waals surface area contributed by atoms with E-state index in [4.69, 9.17) is 0 Å².